The molecule has 0 amide bonds. The van der Waals surface area contributed by atoms with Gasteiger partial charge in [-0.05, 0) is 17.0 Å². The Morgan fingerprint density at radius 3 is 2.62 bits per heavy atom. The van der Waals surface area contributed by atoms with Gasteiger partial charge in [-0.2, -0.15) is 4.98 Å². The summed E-state index contributed by atoms with van der Waals surface area (Å²) in [6.07, 6.45) is 0. The molecule has 0 bridgehead atoms. The topological polar surface area (TPSA) is 60.2 Å². The highest BCUT2D eigenvalue weighted by molar-refractivity contribution is 5.91. The first-order valence-electron chi connectivity index (χ1n) is 6.82. The molecule has 1 aromatic heterocycles. The number of nitrogens with zero attached hydrogens (tertiary/aromatic N) is 2. The predicted molar refractivity (Wildman–Crippen MR) is 80.1 cm³/mol. The van der Waals surface area contributed by atoms with Gasteiger partial charge < -0.3 is 14.6 Å². The molecule has 0 fully saturated rings. The van der Waals surface area contributed by atoms with E-state index >= 15 is 0 Å². The van der Waals surface area contributed by atoms with E-state index in [0.29, 0.717) is 18.3 Å². The van der Waals surface area contributed by atoms with Crippen molar-refractivity contribution >= 4 is 10.8 Å². The van der Waals surface area contributed by atoms with Crippen LogP contribution in [0.25, 0.3) is 10.8 Å². The third-order valence-corrected chi connectivity index (χ3v) is 3.36. The van der Waals surface area contributed by atoms with E-state index < -0.39 is 0 Å². The lowest BCUT2D eigenvalue weighted by Crippen LogP contribution is -2.14. The summed E-state index contributed by atoms with van der Waals surface area (Å²) in [7, 11) is 1.69. The molecule has 1 N–H and O–H groups in total. The number of rotatable bonds is 5. The Hall–Kier alpha value is -2.40. The number of fused-ring (bicyclic) bond motifs is 1. The smallest absolute Gasteiger partial charge is 0.223 e. The Bertz CT molecular complexity index is 752. The summed E-state index contributed by atoms with van der Waals surface area (Å²) in [5.41, 5.74) is 1.21. The van der Waals surface area contributed by atoms with Gasteiger partial charge in [0.15, 0.2) is 5.82 Å². The number of aromatic nitrogens is 2. The van der Waals surface area contributed by atoms with Crippen LogP contribution in [-0.4, -0.2) is 17.3 Å². The highest BCUT2D eigenvalue weighted by Gasteiger charge is 2.06. The van der Waals surface area contributed by atoms with Crippen LogP contribution in [0, 0.1) is 6.92 Å². The molecule has 5 nitrogen and oxygen atoms in total. The molecule has 0 unspecified atom stereocenters. The molecular weight excluding hydrogens is 266 g/mol. The molecule has 0 radical (unpaired) electrons. The van der Waals surface area contributed by atoms with Crippen LogP contribution < -0.4 is 10.1 Å². The summed E-state index contributed by atoms with van der Waals surface area (Å²) in [6.45, 7) is 3.10. The van der Waals surface area contributed by atoms with Crippen molar-refractivity contribution in [2.75, 3.05) is 7.11 Å². The summed E-state index contributed by atoms with van der Waals surface area (Å²) in [6, 6.07) is 12.3. The first-order valence-corrected chi connectivity index (χ1v) is 6.82. The summed E-state index contributed by atoms with van der Waals surface area (Å²) in [4.78, 5) is 4.17. The van der Waals surface area contributed by atoms with Gasteiger partial charge in [0.05, 0.1) is 13.7 Å². The molecule has 0 aliphatic carbocycles. The number of hydrogen-bond donors (Lipinski definition) is 1. The maximum Gasteiger partial charge on any atom is 0.223 e. The third-order valence-electron chi connectivity index (χ3n) is 3.36. The molecule has 5 heteroatoms. The minimum Gasteiger partial charge on any atom is -0.496 e. The van der Waals surface area contributed by atoms with Crippen LogP contribution in [0.4, 0.5) is 0 Å². The normalized spacial score (nSPS) is 11.0. The van der Waals surface area contributed by atoms with E-state index in [2.05, 4.69) is 33.7 Å². The fraction of sp³-hybridized carbons (Fsp3) is 0.250. The van der Waals surface area contributed by atoms with Crippen molar-refractivity contribution in [3.8, 4) is 5.75 Å². The van der Waals surface area contributed by atoms with Gasteiger partial charge in [-0.15, -0.1) is 0 Å². The van der Waals surface area contributed by atoms with Crippen molar-refractivity contribution in [3.63, 3.8) is 0 Å². The molecule has 1 heterocycles. The minimum absolute atomic E-state index is 0.581. The average Bonchev–Trinajstić information content (AvgIpc) is 2.93. The maximum atomic E-state index is 5.41. The molecule has 0 atom stereocenters. The van der Waals surface area contributed by atoms with Crippen molar-refractivity contribution < 1.29 is 9.26 Å². The number of hydrogen-bond acceptors (Lipinski definition) is 5. The lowest BCUT2D eigenvalue weighted by molar-refractivity contribution is 0.385. The van der Waals surface area contributed by atoms with Gasteiger partial charge >= 0.3 is 0 Å². The second kappa shape index (κ2) is 5.93. The quantitative estimate of drug-likeness (QED) is 0.780. The van der Waals surface area contributed by atoms with Crippen LogP contribution in [0.1, 0.15) is 17.3 Å². The molecule has 3 aromatic rings. The molecule has 3 rings (SSSR count). The fourth-order valence-corrected chi connectivity index (χ4v) is 2.39. The number of benzene rings is 2. The molecule has 2 aromatic carbocycles. The number of methoxy groups -OCH3 is 1. The van der Waals surface area contributed by atoms with E-state index in [9.17, 15) is 0 Å². The second-order valence-electron chi connectivity index (χ2n) is 4.81. The van der Waals surface area contributed by atoms with Crippen LogP contribution in [0.5, 0.6) is 5.75 Å². The van der Waals surface area contributed by atoms with Gasteiger partial charge in [0.25, 0.3) is 0 Å². The molecule has 0 spiro atoms. The van der Waals surface area contributed by atoms with Crippen molar-refractivity contribution in [1.29, 1.82) is 0 Å². The highest BCUT2D eigenvalue weighted by Crippen LogP contribution is 2.28. The van der Waals surface area contributed by atoms with Gasteiger partial charge in [-0.1, -0.05) is 35.5 Å². The lowest BCUT2D eigenvalue weighted by Gasteiger charge is -2.10. The maximum absolute atomic E-state index is 5.41. The molecule has 0 aliphatic heterocycles. The van der Waals surface area contributed by atoms with E-state index in [-0.39, 0.29) is 0 Å². The van der Waals surface area contributed by atoms with Gasteiger partial charge in [0, 0.05) is 18.9 Å². The summed E-state index contributed by atoms with van der Waals surface area (Å²) in [5.74, 6) is 2.15. The average molecular weight is 283 g/mol. The zero-order valence-electron chi connectivity index (χ0n) is 12.1. The Kier molecular flexibility index (Phi) is 3.83. The largest absolute Gasteiger partial charge is 0.496 e. The van der Waals surface area contributed by atoms with E-state index in [0.717, 1.165) is 17.7 Å². The standard InChI is InChI=1S/C16H17N3O2/c1-11-18-16(19-21-11)10-17-9-12-7-8-15(20-2)14-6-4-3-5-13(12)14/h3-8,17H,9-10H2,1-2H3. The molecular formula is C16H17N3O2. The number of aryl methyl sites for hydroxylation is 1. The van der Waals surface area contributed by atoms with Crippen molar-refractivity contribution in [1.82, 2.24) is 15.5 Å². The van der Waals surface area contributed by atoms with Gasteiger partial charge in [-0.3, -0.25) is 0 Å². The predicted octanol–water partition coefficient (Wildman–Crippen LogP) is 2.83. The minimum atomic E-state index is 0.581. The highest BCUT2D eigenvalue weighted by atomic mass is 16.5. The lowest BCUT2D eigenvalue weighted by atomic mass is 10.0. The Morgan fingerprint density at radius 1 is 1.10 bits per heavy atom. The van der Waals surface area contributed by atoms with Crippen LogP contribution >= 0.6 is 0 Å². The Labute approximate surface area is 122 Å². The van der Waals surface area contributed by atoms with Crippen LogP contribution in [-0.2, 0) is 13.1 Å². The van der Waals surface area contributed by atoms with E-state index in [4.69, 9.17) is 9.26 Å². The molecule has 0 aliphatic rings. The van der Waals surface area contributed by atoms with Crippen LogP contribution in [0.2, 0.25) is 0 Å². The monoisotopic (exact) mass is 283 g/mol. The molecule has 0 saturated heterocycles. The second-order valence-corrected chi connectivity index (χ2v) is 4.81. The van der Waals surface area contributed by atoms with Crippen molar-refractivity contribution in [2.45, 2.75) is 20.0 Å². The summed E-state index contributed by atoms with van der Waals surface area (Å²) in [5, 5.41) is 9.51. The van der Waals surface area contributed by atoms with E-state index in [1.807, 2.05) is 18.2 Å². The van der Waals surface area contributed by atoms with Crippen molar-refractivity contribution in [3.05, 3.63) is 53.7 Å². The zero-order chi connectivity index (χ0) is 14.7. The summed E-state index contributed by atoms with van der Waals surface area (Å²) >= 11 is 0. The Morgan fingerprint density at radius 2 is 1.90 bits per heavy atom. The van der Waals surface area contributed by atoms with Crippen LogP contribution in [0.15, 0.2) is 40.9 Å². The zero-order valence-corrected chi connectivity index (χ0v) is 12.1. The van der Waals surface area contributed by atoms with Gasteiger partial charge in [0.1, 0.15) is 5.75 Å². The molecule has 21 heavy (non-hydrogen) atoms. The third kappa shape index (κ3) is 2.87. The van der Waals surface area contributed by atoms with Gasteiger partial charge in [0.2, 0.25) is 5.89 Å². The molecule has 0 saturated carbocycles. The first kappa shape index (κ1) is 13.6. The van der Waals surface area contributed by atoms with E-state index in [1.165, 1.54) is 10.9 Å². The Balaban J connectivity index is 1.78. The van der Waals surface area contributed by atoms with Crippen LogP contribution in [0.3, 0.4) is 0 Å². The first-order chi connectivity index (χ1) is 10.3. The van der Waals surface area contributed by atoms with E-state index in [1.54, 1.807) is 14.0 Å². The van der Waals surface area contributed by atoms with Crippen molar-refractivity contribution in [2.24, 2.45) is 0 Å². The SMILES string of the molecule is COc1ccc(CNCc2noc(C)n2)c2ccccc12. The molecule has 108 valence electrons. The van der Waals surface area contributed by atoms with Gasteiger partial charge in [-0.25, -0.2) is 0 Å². The fourth-order valence-electron chi connectivity index (χ4n) is 2.39. The number of nitrogens with one attached hydrogen (secondary N) is 1. The number of ether oxygens (including phenoxy) is 1. The summed E-state index contributed by atoms with van der Waals surface area (Å²) < 4.78 is 10.4.